The lowest BCUT2D eigenvalue weighted by Gasteiger charge is -2.19. The highest BCUT2D eigenvalue weighted by Gasteiger charge is 2.25. The van der Waals surface area contributed by atoms with Crippen molar-refractivity contribution >= 4 is 44.6 Å². The molecule has 1 fully saturated rings. The maximum Gasteiger partial charge on any atom is 0.275 e. The summed E-state index contributed by atoms with van der Waals surface area (Å²) >= 11 is 5.97. The van der Waals surface area contributed by atoms with Gasteiger partial charge in [-0.05, 0) is 50.1 Å². The van der Waals surface area contributed by atoms with Crippen LogP contribution in [0.5, 0.6) is 0 Å². The third kappa shape index (κ3) is 3.81. The van der Waals surface area contributed by atoms with Crippen LogP contribution in [0.25, 0.3) is 0 Å². The molecule has 1 N–H and O–H groups in total. The highest BCUT2D eigenvalue weighted by Crippen LogP contribution is 2.32. The molecule has 8 nitrogen and oxygen atoms in total. The lowest BCUT2D eigenvalue weighted by atomic mass is 10.1. The maximum atomic E-state index is 12.7. The Bertz CT molecular complexity index is 1080. The fourth-order valence-corrected chi connectivity index (χ4v) is 4.50. The summed E-state index contributed by atoms with van der Waals surface area (Å²) in [5.74, 6) is 0.0398. The number of nitrogens with one attached hydrogen (secondary N) is 1. The van der Waals surface area contributed by atoms with E-state index in [0.29, 0.717) is 13.0 Å². The first kappa shape index (κ1) is 20.1. The van der Waals surface area contributed by atoms with Gasteiger partial charge < -0.3 is 4.90 Å². The number of aryl methyl sites for hydroxylation is 1. The molecule has 1 amide bonds. The van der Waals surface area contributed by atoms with Crippen LogP contribution in [0.1, 0.15) is 24.0 Å². The average Bonchev–Trinajstić information content (AvgIpc) is 3.02. The summed E-state index contributed by atoms with van der Waals surface area (Å²) in [5, 5.41) is 11.1. The minimum absolute atomic E-state index is 0.00588. The predicted molar refractivity (Wildman–Crippen MR) is 106 cm³/mol. The van der Waals surface area contributed by atoms with E-state index in [9.17, 15) is 23.3 Å². The minimum atomic E-state index is -4.09. The quantitative estimate of drug-likeness (QED) is 0.581. The summed E-state index contributed by atoms with van der Waals surface area (Å²) in [6, 6.07) is 7.00. The first-order valence-corrected chi connectivity index (χ1v) is 10.3. The normalized spacial score (nSPS) is 14.4. The van der Waals surface area contributed by atoms with E-state index in [1.54, 1.807) is 30.0 Å². The molecule has 2 aromatic rings. The molecule has 3 rings (SSSR count). The van der Waals surface area contributed by atoms with Crippen LogP contribution in [0.4, 0.5) is 17.1 Å². The van der Waals surface area contributed by atoms with E-state index in [1.807, 2.05) is 0 Å². The van der Waals surface area contributed by atoms with E-state index in [4.69, 9.17) is 11.6 Å². The Morgan fingerprint density at radius 2 is 1.93 bits per heavy atom. The highest BCUT2D eigenvalue weighted by molar-refractivity contribution is 7.92. The maximum absolute atomic E-state index is 12.7. The zero-order valence-corrected chi connectivity index (χ0v) is 16.8. The Kier molecular flexibility index (Phi) is 5.31. The van der Waals surface area contributed by atoms with Crippen LogP contribution in [0, 0.1) is 24.0 Å². The van der Waals surface area contributed by atoms with Crippen molar-refractivity contribution in [1.82, 2.24) is 0 Å². The molecule has 1 saturated heterocycles. The number of nitro benzene ring substituents is 1. The molecule has 10 heteroatoms. The Morgan fingerprint density at radius 3 is 2.50 bits per heavy atom. The number of amides is 1. The van der Waals surface area contributed by atoms with E-state index >= 15 is 0 Å². The van der Waals surface area contributed by atoms with Gasteiger partial charge >= 0.3 is 0 Å². The van der Waals surface area contributed by atoms with Gasteiger partial charge in [-0.1, -0.05) is 11.6 Å². The van der Waals surface area contributed by atoms with Gasteiger partial charge in [0.15, 0.2) is 0 Å². The molecular formula is C18H18ClN3O5S. The van der Waals surface area contributed by atoms with Crippen LogP contribution in [-0.2, 0) is 14.8 Å². The second-order valence-electron chi connectivity index (χ2n) is 6.56. The third-order valence-corrected chi connectivity index (χ3v) is 6.36. The van der Waals surface area contributed by atoms with Crippen molar-refractivity contribution in [2.45, 2.75) is 31.6 Å². The van der Waals surface area contributed by atoms with E-state index in [-0.39, 0.29) is 32.8 Å². The third-order valence-electron chi connectivity index (χ3n) is 4.61. The Labute approximate surface area is 167 Å². The molecule has 2 aromatic carbocycles. The predicted octanol–water partition coefficient (Wildman–Crippen LogP) is 3.79. The van der Waals surface area contributed by atoms with Crippen molar-refractivity contribution in [2.24, 2.45) is 0 Å². The van der Waals surface area contributed by atoms with Crippen molar-refractivity contribution in [3.05, 3.63) is 56.6 Å². The number of carbonyl (C=O) groups is 1. The van der Waals surface area contributed by atoms with Crippen molar-refractivity contribution in [2.75, 3.05) is 16.2 Å². The second kappa shape index (κ2) is 7.40. The van der Waals surface area contributed by atoms with Gasteiger partial charge in [-0.15, -0.1) is 0 Å². The van der Waals surface area contributed by atoms with E-state index in [1.165, 1.54) is 13.0 Å². The largest absolute Gasteiger partial charge is 0.312 e. The number of carbonyl (C=O) groups excluding carboxylic acids is 1. The topological polar surface area (TPSA) is 110 Å². The van der Waals surface area contributed by atoms with Crippen LogP contribution < -0.4 is 9.62 Å². The van der Waals surface area contributed by atoms with Crippen LogP contribution in [0.15, 0.2) is 35.2 Å². The number of hydrogen-bond acceptors (Lipinski definition) is 5. The molecule has 0 unspecified atom stereocenters. The molecule has 0 aromatic heterocycles. The average molecular weight is 424 g/mol. The number of halogens is 1. The molecule has 148 valence electrons. The molecular weight excluding hydrogens is 406 g/mol. The summed E-state index contributed by atoms with van der Waals surface area (Å²) in [6.45, 7) is 3.87. The van der Waals surface area contributed by atoms with Crippen LogP contribution in [-0.4, -0.2) is 25.8 Å². The molecule has 0 atom stereocenters. The number of sulfonamides is 1. The van der Waals surface area contributed by atoms with Crippen LogP contribution in [0.3, 0.4) is 0 Å². The van der Waals surface area contributed by atoms with E-state index < -0.39 is 14.9 Å². The molecule has 1 heterocycles. The van der Waals surface area contributed by atoms with Crippen molar-refractivity contribution < 1.29 is 18.1 Å². The van der Waals surface area contributed by atoms with Crippen molar-refractivity contribution in [3.63, 3.8) is 0 Å². The number of hydrogen-bond donors (Lipinski definition) is 1. The summed E-state index contributed by atoms with van der Waals surface area (Å²) in [7, 11) is -4.09. The fourth-order valence-electron chi connectivity index (χ4n) is 3.12. The smallest absolute Gasteiger partial charge is 0.275 e. The van der Waals surface area contributed by atoms with Crippen molar-refractivity contribution in [1.29, 1.82) is 0 Å². The second-order valence-corrected chi connectivity index (χ2v) is 8.65. The molecule has 0 saturated carbocycles. The SMILES string of the molecule is Cc1cc(NS(=O)(=O)c2cc(Cl)c(C)c([N+](=O)[O-])c2)ccc1N1CCCC1=O. The zero-order chi connectivity index (χ0) is 20.6. The van der Waals surface area contributed by atoms with Crippen LogP contribution >= 0.6 is 11.6 Å². The molecule has 28 heavy (non-hydrogen) atoms. The van der Waals surface area contributed by atoms with Crippen molar-refractivity contribution in [3.8, 4) is 0 Å². The molecule has 0 bridgehead atoms. The van der Waals surface area contributed by atoms with Gasteiger partial charge in [-0.2, -0.15) is 0 Å². The lowest BCUT2D eigenvalue weighted by molar-refractivity contribution is -0.385. The standard InChI is InChI=1S/C18H18ClN3O5S/c1-11-8-13(5-6-16(11)21-7-3-4-18(21)23)20-28(26,27)14-9-15(19)12(2)17(10-14)22(24)25/h5-6,8-10,20H,3-4,7H2,1-2H3. The Balaban J connectivity index is 1.92. The molecule has 0 spiro atoms. The van der Waals surface area contributed by atoms with E-state index in [2.05, 4.69) is 4.72 Å². The molecule has 1 aliphatic heterocycles. The summed E-state index contributed by atoms with van der Waals surface area (Å²) in [4.78, 5) is 23.8. The van der Waals surface area contributed by atoms with Gasteiger partial charge in [0, 0.05) is 36.0 Å². The fraction of sp³-hybridized carbons (Fsp3) is 0.278. The zero-order valence-electron chi connectivity index (χ0n) is 15.2. The van der Waals surface area contributed by atoms with Gasteiger partial charge in [0.1, 0.15) is 0 Å². The Morgan fingerprint density at radius 1 is 1.21 bits per heavy atom. The van der Waals surface area contributed by atoms with Gasteiger partial charge in [-0.3, -0.25) is 19.6 Å². The number of anilines is 2. The molecule has 0 aliphatic carbocycles. The molecule has 1 aliphatic rings. The van der Waals surface area contributed by atoms with Crippen LogP contribution in [0.2, 0.25) is 5.02 Å². The highest BCUT2D eigenvalue weighted by atomic mass is 35.5. The first-order chi connectivity index (χ1) is 13.1. The first-order valence-electron chi connectivity index (χ1n) is 8.48. The summed E-state index contributed by atoms with van der Waals surface area (Å²) in [6.07, 6.45) is 1.29. The minimum Gasteiger partial charge on any atom is -0.312 e. The summed E-state index contributed by atoms with van der Waals surface area (Å²) in [5.41, 5.74) is 1.59. The monoisotopic (exact) mass is 423 g/mol. The number of nitro groups is 1. The molecule has 0 radical (unpaired) electrons. The van der Waals surface area contributed by atoms with Gasteiger partial charge in [0.25, 0.3) is 15.7 Å². The van der Waals surface area contributed by atoms with Gasteiger partial charge in [0.2, 0.25) is 5.91 Å². The Hall–Kier alpha value is -2.65. The van der Waals surface area contributed by atoms with E-state index in [0.717, 1.165) is 23.7 Å². The number of nitrogens with zero attached hydrogens (tertiary/aromatic N) is 2. The lowest BCUT2D eigenvalue weighted by Crippen LogP contribution is -2.24. The summed E-state index contributed by atoms with van der Waals surface area (Å²) < 4.78 is 27.8. The van der Waals surface area contributed by atoms with Gasteiger partial charge in [0.05, 0.1) is 14.8 Å². The number of rotatable bonds is 5. The number of benzene rings is 2. The van der Waals surface area contributed by atoms with Gasteiger partial charge in [-0.25, -0.2) is 8.42 Å².